The molecule has 0 amide bonds. The molecular weight excluding hydrogens is 144 g/mol. The maximum Gasteiger partial charge on any atom is -0.0143 e. The lowest BCUT2D eigenvalue weighted by Gasteiger charge is -2.32. The maximum atomic E-state index is 3.91. The van der Waals surface area contributed by atoms with Crippen LogP contribution < -0.4 is 0 Å². The van der Waals surface area contributed by atoms with Crippen LogP contribution in [0.25, 0.3) is 0 Å². The Kier molecular flexibility index (Phi) is 2.76. The van der Waals surface area contributed by atoms with E-state index in [1.54, 1.807) is 5.57 Å². The Labute approximate surface area is 76.4 Å². The van der Waals surface area contributed by atoms with Crippen molar-refractivity contribution < 1.29 is 0 Å². The molecule has 0 bridgehead atoms. The van der Waals surface area contributed by atoms with E-state index in [-0.39, 0.29) is 0 Å². The molecule has 0 radical (unpaired) electrons. The summed E-state index contributed by atoms with van der Waals surface area (Å²) in [4.78, 5) is 0. The standard InChI is InChI=1S/C12H20/c1-5-12(4)8-6-11(7-9-12)10(2)3/h5H,1,6-9H2,2-4H3. The minimum absolute atomic E-state index is 0.416. The van der Waals surface area contributed by atoms with Crippen molar-refractivity contribution in [2.45, 2.75) is 46.5 Å². The molecule has 0 heterocycles. The average molecular weight is 164 g/mol. The van der Waals surface area contributed by atoms with Gasteiger partial charge in [0.05, 0.1) is 0 Å². The van der Waals surface area contributed by atoms with Gasteiger partial charge in [-0.3, -0.25) is 0 Å². The summed E-state index contributed by atoms with van der Waals surface area (Å²) in [7, 11) is 0. The second-order valence-corrected chi connectivity index (χ2v) is 4.46. The lowest BCUT2D eigenvalue weighted by atomic mass is 9.73. The molecule has 1 fully saturated rings. The molecule has 0 atom stereocenters. The van der Waals surface area contributed by atoms with Crippen molar-refractivity contribution in [1.29, 1.82) is 0 Å². The average Bonchev–Trinajstić information content (AvgIpc) is 2.05. The number of allylic oxidation sites excluding steroid dienone is 3. The predicted molar refractivity (Wildman–Crippen MR) is 55.1 cm³/mol. The first-order valence-corrected chi connectivity index (χ1v) is 4.86. The summed E-state index contributed by atoms with van der Waals surface area (Å²) in [5.41, 5.74) is 3.62. The summed E-state index contributed by atoms with van der Waals surface area (Å²) in [6.07, 6.45) is 7.28. The van der Waals surface area contributed by atoms with Crippen LogP contribution in [-0.4, -0.2) is 0 Å². The molecule has 0 aromatic rings. The highest BCUT2D eigenvalue weighted by Gasteiger charge is 2.25. The van der Waals surface area contributed by atoms with E-state index in [2.05, 4.69) is 33.4 Å². The van der Waals surface area contributed by atoms with E-state index < -0.39 is 0 Å². The van der Waals surface area contributed by atoms with Gasteiger partial charge in [0, 0.05) is 0 Å². The molecule has 1 saturated carbocycles. The molecule has 0 aliphatic heterocycles. The van der Waals surface area contributed by atoms with E-state index in [1.165, 1.54) is 31.3 Å². The normalized spacial score (nSPS) is 30.1. The Morgan fingerprint density at radius 2 is 1.83 bits per heavy atom. The van der Waals surface area contributed by atoms with Crippen molar-refractivity contribution in [3.05, 3.63) is 23.8 Å². The quantitative estimate of drug-likeness (QED) is 0.512. The molecule has 0 spiro atoms. The molecule has 12 heavy (non-hydrogen) atoms. The van der Waals surface area contributed by atoms with Gasteiger partial charge in [0.25, 0.3) is 0 Å². The second-order valence-electron chi connectivity index (χ2n) is 4.46. The third-order valence-corrected chi connectivity index (χ3v) is 3.20. The van der Waals surface area contributed by atoms with Crippen LogP contribution in [0.1, 0.15) is 46.5 Å². The summed E-state index contributed by atoms with van der Waals surface area (Å²) in [5, 5.41) is 0. The molecule has 1 aliphatic rings. The number of hydrogen-bond acceptors (Lipinski definition) is 0. The third-order valence-electron chi connectivity index (χ3n) is 3.20. The zero-order chi connectivity index (χ0) is 9.19. The van der Waals surface area contributed by atoms with Crippen LogP contribution in [0.15, 0.2) is 23.8 Å². The Balaban J connectivity index is 2.62. The summed E-state index contributed by atoms with van der Waals surface area (Å²) in [5.74, 6) is 0. The fraction of sp³-hybridized carbons (Fsp3) is 0.667. The molecular formula is C12H20. The zero-order valence-corrected chi connectivity index (χ0v) is 8.61. The minimum atomic E-state index is 0.416. The maximum absolute atomic E-state index is 3.91. The highest BCUT2D eigenvalue weighted by atomic mass is 14.3. The molecule has 0 aromatic carbocycles. The first-order valence-electron chi connectivity index (χ1n) is 4.86. The Bertz CT molecular complexity index is 194. The van der Waals surface area contributed by atoms with Gasteiger partial charge in [-0.05, 0) is 44.9 Å². The Hall–Kier alpha value is -0.520. The van der Waals surface area contributed by atoms with Crippen LogP contribution in [0.5, 0.6) is 0 Å². The summed E-state index contributed by atoms with van der Waals surface area (Å²) in [6.45, 7) is 10.7. The first-order chi connectivity index (χ1) is 5.57. The SMILES string of the molecule is C=CC1(C)CCC(=C(C)C)CC1. The van der Waals surface area contributed by atoms with Gasteiger partial charge < -0.3 is 0 Å². The Morgan fingerprint density at radius 3 is 2.17 bits per heavy atom. The van der Waals surface area contributed by atoms with Crippen LogP contribution in [0, 0.1) is 5.41 Å². The molecule has 0 nitrogen and oxygen atoms in total. The van der Waals surface area contributed by atoms with Crippen molar-refractivity contribution in [2.75, 3.05) is 0 Å². The minimum Gasteiger partial charge on any atom is -0.103 e. The first kappa shape index (κ1) is 9.57. The molecule has 0 heteroatoms. The van der Waals surface area contributed by atoms with Gasteiger partial charge in [0.1, 0.15) is 0 Å². The monoisotopic (exact) mass is 164 g/mol. The highest BCUT2D eigenvalue weighted by Crippen LogP contribution is 2.39. The van der Waals surface area contributed by atoms with Gasteiger partial charge in [-0.15, -0.1) is 6.58 Å². The van der Waals surface area contributed by atoms with Gasteiger partial charge in [0.15, 0.2) is 0 Å². The van der Waals surface area contributed by atoms with Crippen molar-refractivity contribution >= 4 is 0 Å². The van der Waals surface area contributed by atoms with E-state index in [1.807, 2.05) is 0 Å². The molecule has 0 N–H and O–H groups in total. The lowest BCUT2D eigenvalue weighted by molar-refractivity contribution is 0.325. The van der Waals surface area contributed by atoms with Gasteiger partial charge >= 0.3 is 0 Å². The zero-order valence-electron chi connectivity index (χ0n) is 8.61. The largest absolute Gasteiger partial charge is 0.103 e. The van der Waals surface area contributed by atoms with E-state index >= 15 is 0 Å². The number of hydrogen-bond donors (Lipinski definition) is 0. The van der Waals surface area contributed by atoms with E-state index in [0.29, 0.717) is 5.41 Å². The smallest absolute Gasteiger partial charge is 0.0143 e. The Morgan fingerprint density at radius 1 is 1.33 bits per heavy atom. The van der Waals surface area contributed by atoms with Gasteiger partial charge in [-0.1, -0.05) is 24.1 Å². The molecule has 0 aromatic heterocycles. The lowest BCUT2D eigenvalue weighted by Crippen LogP contribution is -2.18. The summed E-state index contributed by atoms with van der Waals surface area (Å²) >= 11 is 0. The third kappa shape index (κ3) is 2.00. The van der Waals surface area contributed by atoms with Crippen molar-refractivity contribution in [2.24, 2.45) is 5.41 Å². The molecule has 1 rings (SSSR count). The van der Waals surface area contributed by atoms with E-state index in [4.69, 9.17) is 0 Å². The van der Waals surface area contributed by atoms with Crippen molar-refractivity contribution in [3.8, 4) is 0 Å². The second kappa shape index (κ2) is 3.47. The van der Waals surface area contributed by atoms with Crippen LogP contribution >= 0.6 is 0 Å². The van der Waals surface area contributed by atoms with Gasteiger partial charge in [0.2, 0.25) is 0 Å². The van der Waals surface area contributed by atoms with Crippen LogP contribution in [0.2, 0.25) is 0 Å². The van der Waals surface area contributed by atoms with Crippen molar-refractivity contribution in [3.63, 3.8) is 0 Å². The molecule has 0 unspecified atom stereocenters. The topological polar surface area (TPSA) is 0 Å². The van der Waals surface area contributed by atoms with Crippen LogP contribution in [0.4, 0.5) is 0 Å². The van der Waals surface area contributed by atoms with E-state index in [0.717, 1.165) is 0 Å². The van der Waals surface area contributed by atoms with Crippen molar-refractivity contribution in [1.82, 2.24) is 0 Å². The van der Waals surface area contributed by atoms with Crippen LogP contribution in [-0.2, 0) is 0 Å². The predicted octanol–water partition coefficient (Wildman–Crippen LogP) is 4.09. The van der Waals surface area contributed by atoms with Gasteiger partial charge in [-0.25, -0.2) is 0 Å². The molecule has 1 aliphatic carbocycles. The highest BCUT2D eigenvalue weighted by molar-refractivity contribution is 5.15. The van der Waals surface area contributed by atoms with E-state index in [9.17, 15) is 0 Å². The molecule has 0 saturated heterocycles. The fourth-order valence-electron chi connectivity index (χ4n) is 1.83. The summed E-state index contributed by atoms with van der Waals surface area (Å²) in [6, 6.07) is 0. The van der Waals surface area contributed by atoms with Gasteiger partial charge in [-0.2, -0.15) is 0 Å². The van der Waals surface area contributed by atoms with Crippen LogP contribution in [0.3, 0.4) is 0 Å². The summed E-state index contributed by atoms with van der Waals surface area (Å²) < 4.78 is 0. The molecule has 68 valence electrons. The number of rotatable bonds is 1. The fourth-order valence-corrected chi connectivity index (χ4v) is 1.83.